The highest BCUT2D eigenvalue weighted by molar-refractivity contribution is 5.90. The summed E-state index contributed by atoms with van der Waals surface area (Å²) in [6.45, 7) is 1.73. The van der Waals surface area contributed by atoms with Gasteiger partial charge in [0.05, 0.1) is 11.3 Å². The van der Waals surface area contributed by atoms with Gasteiger partial charge in [-0.15, -0.1) is 0 Å². The van der Waals surface area contributed by atoms with Gasteiger partial charge in [0.25, 0.3) is 5.71 Å². The van der Waals surface area contributed by atoms with Crippen molar-refractivity contribution in [2.24, 2.45) is 0 Å². The van der Waals surface area contributed by atoms with Crippen LogP contribution in [0.4, 0.5) is 15.9 Å². The lowest BCUT2D eigenvalue weighted by Gasteiger charge is -2.07. The molecule has 0 unspecified atom stereocenters. The van der Waals surface area contributed by atoms with Gasteiger partial charge in [-0.2, -0.15) is 4.98 Å². The van der Waals surface area contributed by atoms with E-state index in [1.54, 1.807) is 6.92 Å². The number of fused-ring (bicyclic) bond motifs is 1. The van der Waals surface area contributed by atoms with Gasteiger partial charge in [0, 0.05) is 5.69 Å². The molecule has 8 heteroatoms. The fourth-order valence-corrected chi connectivity index (χ4v) is 1.92. The number of carboxylic acid groups (broad SMARTS) is 1. The number of aryl methyl sites for hydroxylation is 1. The van der Waals surface area contributed by atoms with Crippen LogP contribution in [0.5, 0.6) is 0 Å². The summed E-state index contributed by atoms with van der Waals surface area (Å²) in [6.07, 6.45) is 1.29. The molecule has 0 atom stereocenters. The van der Waals surface area contributed by atoms with Crippen LogP contribution in [0.3, 0.4) is 0 Å². The van der Waals surface area contributed by atoms with Crippen LogP contribution in [0, 0.1) is 12.7 Å². The Hall–Kier alpha value is -3.03. The molecule has 0 saturated carbocycles. The number of hydrogen-bond acceptors (Lipinski definition) is 6. The molecule has 21 heavy (non-hydrogen) atoms. The minimum absolute atomic E-state index is 0.313. The van der Waals surface area contributed by atoms with Gasteiger partial charge < -0.3 is 14.9 Å². The first-order chi connectivity index (χ1) is 10.1. The third kappa shape index (κ3) is 2.27. The second-order valence-corrected chi connectivity index (χ2v) is 4.30. The number of anilines is 2. The van der Waals surface area contributed by atoms with E-state index in [4.69, 9.17) is 9.63 Å². The molecule has 0 aliphatic rings. The molecular weight excluding hydrogens is 279 g/mol. The summed E-state index contributed by atoms with van der Waals surface area (Å²) in [6, 6.07) is 3.71. The Morgan fingerprint density at radius 3 is 2.90 bits per heavy atom. The zero-order valence-electron chi connectivity index (χ0n) is 10.8. The number of hydrogen-bond donors (Lipinski definition) is 2. The third-order valence-electron chi connectivity index (χ3n) is 2.91. The number of aromatic carboxylic acids is 1. The number of benzene rings is 1. The minimum Gasteiger partial charge on any atom is -0.478 e. The molecule has 7 nitrogen and oxygen atoms in total. The van der Waals surface area contributed by atoms with E-state index in [1.165, 1.54) is 18.5 Å². The van der Waals surface area contributed by atoms with E-state index in [0.717, 1.165) is 6.07 Å². The van der Waals surface area contributed by atoms with Crippen LogP contribution in [-0.4, -0.2) is 26.2 Å². The molecule has 106 valence electrons. The molecule has 0 saturated heterocycles. The maximum Gasteiger partial charge on any atom is 0.338 e. The van der Waals surface area contributed by atoms with Crippen LogP contribution in [0.25, 0.3) is 11.1 Å². The monoisotopic (exact) mass is 288 g/mol. The van der Waals surface area contributed by atoms with Gasteiger partial charge in [-0.05, 0) is 25.1 Å². The summed E-state index contributed by atoms with van der Waals surface area (Å²) >= 11 is 0. The average Bonchev–Trinajstić information content (AvgIpc) is 2.81. The van der Waals surface area contributed by atoms with Gasteiger partial charge in [-0.25, -0.2) is 14.2 Å². The molecule has 0 radical (unpaired) electrons. The normalized spacial score (nSPS) is 10.8. The smallest absolute Gasteiger partial charge is 0.338 e. The Kier molecular flexibility index (Phi) is 2.98. The summed E-state index contributed by atoms with van der Waals surface area (Å²) in [5.41, 5.74) is 0.871. The molecule has 2 N–H and O–H groups in total. The molecule has 0 aliphatic heterocycles. The molecule has 2 aromatic heterocycles. The fraction of sp³-hybridized carbons (Fsp3) is 0.0769. The Balaban J connectivity index is 2.01. The van der Waals surface area contributed by atoms with Crippen LogP contribution in [0.1, 0.15) is 16.1 Å². The summed E-state index contributed by atoms with van der Waals surface area (Å²) in [4.78, 5) is 18.8. The van der Waals surface area contributed by atoms with Crippen molar-refractivity contribution in [1.82, 2.24) is 15.1 Å². The quantitative estimate of drug-likeness (QED) is 0.763. The number of aromatic nitrogens is 3. The van der Waals surface area contributed by atoms with Crippen molar-refractivity contribution >= 4 is 28.6 Å². The molecular formula is C13H9FN4O3. The van der Waals surface area contributed by atoms with Gasteiger partial charge >= 0.3 is 5.97 Å². The molecule has 3 rings (SSSR count). The van der Waals surface area contributed by atoms with E-state index in [9.17, 15) is 9.18 Å². The van der Waals surface area contributed by atoms with E-state index in [2.05, 4.69) is 20.4 Å². The first kappa shape index (κ1) is 13.0. The van der Waals surface area contributed by atoms with Crippen molar-refractivity contribution in [3.8, 4) is 0 Å². The van der Waals surface area contributed by atoms with Crippen LogP contribution in [0.15, 0.2) is 29.0 Å². The first-order valence-corrected chi connectivity index (χ1v) is 5.93. The lowest BCUT2D eigenvalue weighted by molar-refractivity contribution is 0.0692. The molecule has 0 aliphatic carbocycles. The fourth-order valence-electron chi connectivity index (χ4n) is 1.92. The SMILES string of the molecule is Cc1noc2ncnc(Nc3ccc(C(=O)O)c(F)c3)c12. The second-order valence-electron chi connectivity index (χ2n) is 4.30. The Morgan fingerprint density at radius 1 is 1.38 bits per heavy atom. The number of carbonyl (C=O) groups is 1. The molecule has 0 spiro atoms. The van der Waals surface area contributed by atoms with Crippen LogP contribution < -0.4 is 5.32 Å². The number of nitrogens with zero attached hydrogens (tertiary/aromatic N) is 3. The van der Waals surface area contributed by atoms with Gasteiger partial charge in [0.2, 0.25) is 0 Å². The van der Waals surface area contributed by atoms with Crippen molar-refractivity contribution in [3.05, 3.63) is 41.6 Å². The van der Waals surface area contributed by atoms with E-state index in [0.29, 0.717) is 28.3 Å². The first-order valence-electron chi connectivity index (χ1n) is 5.93. The lowest BCUT2D eigenvalue weighted by atomic mass is 10.2. The Morgan fingerprint density at radius 2 is 2.19 bits per heavy atom. The Bertz CT molecular complexity index is 847. The Labute approximate surface area is 117 Å². The highest BCUT2D eigenvalue weighted by Gasteiger charge is 2.14. The molecule has 0 bridgehead atoms. The maximum atomic E-state index is 13.7. The highest BCUT2D eigenvalue weighted by Crippen LogP contribution is 2.26. The summed E-state index contributed by atoms with van der Waals surface area (Å²) < 4.78 is 18.7. The van der Waals surface area contributed by atoms with Crippen molar-refractivity contribution in [2.75, 3.05) is 5.32 Å². The summed E-state index contributed by atoms with van der Waals surface area (Å²) in [5, 5.41) is 16.1. The number of rotatable bonds is 3. The number of halogens is 1. The zero-order valence-corrected chi connectivity index (χ0v) is 10.8. The standard InChI is InChI=1S/C13H9FN4O3/c1-6-10-11(15-5-16-12(10)21-18-6)17-7-2-3-8(13(19)20)9(14)4-7/h2-5H,1H3,(H,19,20)(H,15,16,17). The lowest BCUT2D eigenvalue weighted by Crippen LogP contribution is -2.02. The minimum atomic E-state index is -1.32. The molecule has 2 heterocycles. The summed E-state index contributed by atoms with van der Waals surface area (Å²) in [5.74, 6) is -1.75. The van der Waals surface area contributed by atoms with Crippen LogP contribution in [0.2, 0.25) is 0 Å². The van der Waals surface area contributed by atoms with Gasteiger partial charge in [-0.1, -0.05) is 5.16 Å². The second kappa shape index (κ2) is 4.82. The largest absolute Gasteiger partial charge is 0.478 e. The third-order valence-corrected chi connectivity index (χ3v) is 2.91. The van der Waals surface area contributed by atoms with Crippen molar-refractivity contribution < 1.29 is 18.8 Å². The van der Waals surface area contributed by atoms with Crippen LogP contribution in [-0.2, 0) is 0 Å². The van der Waals surface area contributed by atoms with E-state index >= 15 is 0 Å². The predicted molar refractivity (Wildman–Crippen MR) is 71.0 cm³/mol. The van der Waals surface area contributed by atoms with Crippen LogP contribution >= 0.6 is 0 Å². The van der Waals surface area contributed by atoms with Crippen molar-refractivity contribution in [1.29, 1.82) is 0 Å². The molecule has 3 aromatic rings. The van der Waals surface area contributed by atoms with Gasteiger partial charge in [-0.3, -0.25) is 0 Å². The van der Waals surface area contributed by atoms with Gasteiger partial charge in [0.15, 0.2) is 0 Å². The van der Waals surface area contributed by atoms with Crippen molar-refractivity contribution in [3.63, 3.8) is 0 Å². The van der Waals surface area contributed by atoms with E-state index in [-0.39, 0.29) is 0 Å². The number of nitrogens with one attached hydrogen (secondary N) is 1. The molecule has 0 fully saturated rings. The highest BCUT2D eigenvalue weighted by atomic mass is 19.1. The zero-order chi connectivity index (χ0) is 15.0. The van der Waals surface area contributed by atoms with E-state index in [1.807, 2.05) is 0 Å². The maximum absolute atomic E-state index is 13.7. The van der Waals surface area contributed by atoms with Gasteiger partial charge in [0.1, 0.15) is 23.3 Å². The summed E-state index contributed by atoms with van der Waals surface area (Å²) in [7, 11) is 0. The molecule has 0 amide bonds. The topological polar surface area (TPSA) is 101 Å². The average molecular weight is 288 g/mol. The van der Waals surface area contributed by atoms with Crippen molar-refractivity contribution in [2.45, 2.75) is 6.92 Å². The molecule has 1 aromatic carbocycles. The van der Waals surface area contributed by atoms with E-state index < -0.39 is 17.3 Å². The number of carboxylic acids is 1. The predicted octanol–water partition coefficient (Wildman–Crippen LogP) is 2.51.